The highest BCUT2D eigenvalue weighted by Crippen LogP contribution is 2.39. The fourth-order valence-electron chi connectivity index (χ4n) is 3.31. The summed E-state index contributed by atoms with van der Waals surface area (Å²) < 4.78 is 68.0. The fraction of sp³-hybridized carbons (Fsp3) is 0.182. The van der Waals surface area contributed by atoms with E-state index in [-0.39, 0.29) is 51.8 Å². The Bertz CT molecular complexity index is 1310. The summed E-state index contributed by atoms with van der Waals surface area (Å²) in [6.07, 6.45) is -2.27. The van der Waals surface area contributed by atoms with Crippen LogP contribution in [0.3, 0.4) is 0 Å². The van der Waals surface area contributed by atoms with E-state index in [1.165, 1.54) is 30.3 Å². The van der Waals surface area contributed by atoms with E-state index in [1.54, 1.807) is 18.3 Å². The van der Waals surface area contributed by atoms with Crippen LogP contribution in [0.25, 0.3) is 11.3 Å². The number of nitrogens with zero attached hydrogens (tertiary/aromatic N) is 2. The molecule has 1 aromatic heterocycles. The Morgan fingerprint density at radius 2 is 1.76 bits per heavy atom. The minimum absolute atomic E-state index is 0. The first kappa shape index (κ1) is 24.5. The maximum Gasteiger partial charge on any atom is 0.416 e. The van der Waals surface area contributed by atoms with Crippen molar-refractivity contribution >= 4 is 28.1 Å². The van der Waals surface area contributed by atoms with Gasteiger partial charge in [-0.3, -0.25) is 9.71 Å². The van der Waals surface area contributed by atoms with Gasteiger partial charge < -0.3 is 5.73 Å². The lowest BCUT2D eigenvalue weighted by molar-refractivity contribution is -0.137. The Kier molecular flexibility index (Phi) is 6.70. The molecule has 1 fully saturated rings. The molecule has 0 spiro atoms. The Balaban J connectivity index is 0.00000306. The predicted octanol–water partition coefficient (Wildman–Crippen LogP) is 4.68. The number of hydrogen-bond donors (Lipinski definition) is 2. The number of pyridine rings is 1. The lowest BCUT2D eigenvalue weighted by atomic mass is 10.0. The monoisotopic (exact) mass is 494 g/mol. The van der Waals surface area contributed by atoms with Crippen LogP contribution in [0.1, 0.15) is 29.0 Å². The first-order valence-corrected chi connectivity index (χ1v) is 11.0. The van der Waals surface area contributed by atoms with Gasteiger partial charge in [0.05, 0.1) is 33.5 Å². The quantitative estimate of drug-likeness (QED) is 0.535. The van der Waals surface area contributed by atoms with E-state index in [0.29, 0.717) is 0 Å². The van der Waals surface area contributed by atoms with Crippen LogP contribution in [-0.2, 0) is 16.2 Å². The maximum atomic E-state index is 13.5. The summed E-state index contributed by atoms with van der Waals surface area (Å²) in [5.41, 5.74) is 6.11. The highest BCUT2D eigenvalue weighted by Gasteiger charge is 2.35. The van der Waals surface area contributed by atoms with Crippen LogP contribution in [0.2, 0.25) is 0 Å². The molecule has 6 nitrogen and oxygen atoms in total. The number of nitriles is 1. The van der Waals surface area contributed by atoms with Crippen molar-refractivity contribution in [2.75, 3.05) is 4.72 Å². The van der Waals surface area contributed by atoms with E-state index in [1.807, 2.05) is 6.07 Å². The Morgan fingerprint density at radius 3 is 2.27 bits per heavy atom. The van der Waals surface area contributed by atoms with Gasteiger partial charge in [0.25, 0.3) is 10.0 Å². The highest BCUT2D eigenvalue weighted by atomic mass is 35.5. The van der Waals surface area contributed by atoms with Crippen molar-refractivity contribution in [3.63, 3.8) is 0 Å². The first-order valence-electron chi connectivity index (χ1n) is 9.54. The molecule has 0 unspecified atom stereocenters. The van der Waals surface area contributed by atoms with Gasteiger partial charge in [0, 0.05) is 23.7 Å². The lowest BCUT2D eigenvalue weighted by Crippen LogP contribution is -2.14. The molecular formula is C22H18ClF3N4O2S. The number of sulfonamides is 1. The second-order valence-corrected chi connectivity index (χ2v) is 9.20. The number of nitrogens with one attached hydrogen (secondary N) is 1. The maximum absolute atomic E-state index is 13.5. The zero-order valence-electron chi connectivity index (χ0n) is 16.9. The van der Waals surface area contributed by atoms with Crippen molar-refractivity contribution in [2.45, 2.75) is 29.5 Å². The van der Waals surface area contributed by atoms with Crippen molar-refractivity contribution in [1.82, 2.24) is 4.98 Å². The van der Waals surface area contributed by atoms with Gasteiger partial charge in [0.15, 0.2) is 0 Å². The topological polar surface area (TPSA) is 109 Å². The summed E-state index contributed by atoms with van der Waals surface area (Å²) in [5.74, 6) is 0.202. The number of halogens is 4. The zero-order valence-corrected chi connectivity index (χ0v) is 18.5. The van der Waals surface area contributed by atoms with Crippen LogP contribution in [0.4, 0.5) is 18.9 Å². The summed E-state index contributed by atoms with van der Waals surface area (Å²) in [6.45, 7) is 0. The third kappa shape index (κ3) is 5.45. The minimum atomic E-state index is -4.69. The normalized spacial score (nSPS) is 17.5. The largest absolute Gasteiger partial charge is 0.416 e. The van der Waals surface area contributed by atoms with Crippen LogP contribution in [0, 0.1) is 11.3 Å². The Morgan fingerprint density at radius 1 is 1.09 bits per heavy atom. The van der Waals surface area contributed by atoms with Crippen molar-refractivity contribution in [3.8, 4) is 17.3 Å². The van der Waals surface area contributed by atoms with Crippen LogP contribution in [0.15, 0.2) is 65.7 Å². The molecule has 2 atom stereocenters. The predicted molar refractivity (Wildman–Crippen MR) is 119 cm³/mol. The SMILES string of the molecule is Cl.N#Cc1ccc(S(=O)(=O)Nc2cc(-c3ccc([C@@H]4C[C@H]4N)cn3)cc(C(F)(F)F)c2)cc1. The van der Waals surface area contributed by atoms with Gasteiger partial charge in [-0.15, -0.1) is 12.4 Å². The van der Waals surface area contributed by atoms with Crippen molar-refractivity contribution in [3.05, 3.63) is 77.5 Å². The molecule has 1 aliphatic rings. The van der Waals surface area contributed by atoms with Gasteiger partial charge in [-0.05, 0) is 60.5 Å². The van der Waals surface area contributed by atoms with E-state index in [4.69, 9.17) is 11.0 Å². The number of nitrogens with two attached hydrogens (primary N) is 1. The molecule has 11 heteroatoms. The van der Waals surface area contributed by atoms with Crippen LogP contribution < -0.4 is 10.5 Å². The summed E-state index contributed by atoms with van der Waals surface area (Å²) in [6, 6.07) is 13.3. The fourth-order valence-corrected chi connectivity index (χ4v) is 4.35. The third-order valence-corrected chi connectivity index (χ3v) is 6.55. The smallest absolute Gasteiger partial charge is 0.327 e. The van der Waals surface area contributed by atoms with Gasteiger partial charge in [0.1, 0.15) is 0 Å². The molecule has 33 heavy (non-hydrogen) atoms. The van der Waals surface area contributed by atoms with Gasteiger partial charge >= 0.3 is 6.18 Å². The molecule has 0 saturated heterocycles. The number of hydrogen-bond acceptors (Lipinski definition) is 5. The number of alkyl halides is 3. The number of benzene rings is 2. The van der Waals surface area contributed by atoms with Crippen molar-refractivity contribution < 1.29 is 21.6 Å². The van der Waals surface area contributed by atoms with Crippen molar-refractivity contribution in [2.24, 2.45) is 5.73 Å². The molecule has 1 saturated carbocycles. The number of anilines is 1. The second-order valence-electron chi connectivity index (χ2n) is 7.52. The number of aromatic nitrogens is 1. The van der Waals surface area contributed by atoms with E-state index < -0.39 is 21.8 Å². The summed E-state index contributed by atoms with van der Waals surface area (Å²) >= 11 is 0. The second kappa shape index (κ2) is 9.02. The Hall–Kier alpha value is -3.13. The van der Waals surface area contributed by atoms with Crippen molar-refractivity contribution in [1.29, 1.82) is 5.26 Å². The molecule has 1 heterocycles. The van der Waals surface area contributed by atoms with Crippen LogP contribution in [-0.4, -0.2) is 19.4 Å². The minimum Gasteiger partial charge on any atom is -0.327 e. The van der Waals surface area contributed by atoms with Gasteiger partial charge in [-0.25, -0.2) is 8.42 Å². The molecule has 3 N–H and O–H groups in total. The van der Waals surface area contributed by atoms with Gasteiger partial charge in [0.2, 0.25) is 0 Å². The molecule has 2 aromatic carbocycles. The van der Waals surface area contributed by atoms with E-state index in [0.717, 1.165) is 24.1 Å². The standard InChI is InChI=1S/C22H17F3N4O2S.ClH/c23-22(24,25)16-7-15(21-6-3-14(12-28-21)19-10-20(19)27)8-17(9-16)29-32(30,31)18-4-1-13(11-26)2-5-18;/h1-9,12,19-20,29H,10,27H2;1H/t19-,20+;/m0./s1. The molecule has 0 radical (unpaired) electrons. The summed E-state index contributed by atoms with van der Waals surface area (Å²) in [7, 11) is -4.18. The van der Waals surface area contributed by atoms with Crippen LogP contribution >= 0.6 is 12.4 Å². The first-order chi connectivity index (χ1) is 15.1. The molecular weight excluding hydrogens is 477 g/mol. The molecule has 0 aliphatic heterocycles. The average molecular weight is 495 g/mol. The third-order valence-electron chi connectivity index (χ3n) is 5.16. The summed E-state index contributed by atoms with van der Waals surface area (Å²) in [4.78, 5) is 4.07. The average Bonchev–Trinajstić information content (AvgIpc) is 3.49. The highest BCUT2D eigenvalue weighted by molar-refractivity contribution is 7.92. The van der Waals surface area contributed by atoms with Gasteiger partial charge in [-0.2, -0.15) is 18.4 Å². The van der Waals surface area contributed by atoms with E-state index in [2.05, 4.69) is 9.71 Å². The Labute approximate surface area is 194 Å². The molecule has 172 valence electrons. The van der Waals surface area contributed by atoms with Crippen LogP contribution in [0.5, 0.6) is 0 Å². The molecule has 4 rings (SSSR count). The zero-order chi connectivity index (χ0) is 23.1. The molecule has 0 amide bonds. The molecule has 3 aromatic rings. The molecule has 0 bridgehead atoms. The van der Waals surface area contributed by atoms with E-state index in [9.17, 15) is 21.6 Å². The van der Waals surface area contributed by atoms with E-state index >= 15 is 0 Å². The molecule has 1 aliphatic carbocycles. The number of rotatable bonds is 5. The lowest BCUT2D eigenvalue weighted by Gasteiger charge is -2.14. The van der Waals surface area contributed by atoms with Gasteiger partial charge in [-0.1, -0.05) is 6.07 Å². The summed E-state index contributed by atoms with van der Waals surface area (Å²) in [5, 5.41) is 8.84.